The second-order valence-electron chi connectivity index (χ2n) is 2.86. The van der Waals surface area contributed by atoms with Gasteiger partial charge in [0.15, 0.2) is 0 Å². The molecule has 0 fully saturated rings. The van der Waals surface area contributed by atoms with Crippen LogP contribution >= 0.6 is 0 Å². The minimum atomic E-state index is -0.255. The first-order valence-electron chi connectivity index (χ1n) is 3.91. The molecule has 0 atom stereocenters. The van der Waals surface area contributed by atoms with E-state index in [-0.39, 0.29) is 5.63 Å². The molecule has 13 heavy (non-hydrogen) atoms. The summed E-state index contributed by atoms with van der Waals surface area (Å²) in [6.07, 6.45) is 0. The van der Waals surface area contributed by atoms with E-state index in [1.807, 2.05) is 18.2 Å². The molecule has 2 rings (SSSR count). The van der Waals surface area contributed by atoms with Gasteiger partial charge in [0.1, 0.15) is 0 Å². The molecule has 1 aromatic carbocycles. The number of hydrogen-bond donors (Lipinski definition) is 0. The molecule has 2 aromatic rings. The van der Waals surface area contributed by atoms with E-state index in [4.69, 9.17) is 4.42 Å². The maximum atomic E-state index is 11.3. The van der Waals surface area contributed by atoms with Gasteiger partial charge in [-0.05, 0) is 0 Å². The van der Waals surface area contributed by atoms with Gasteiger partial charge in [-0.3, -0.25) is 0 Å². The number of benzene rings is 1. The Hall–Kier alpha value is -1.01. The van der Waals surface area contributed by atoms with Gasteiger partial charge in [0.2, 0.25) is 0 Å². The topological polar surface area (TPSA) is 30.2 Å². The van der Waals surface area contributed by atoms with Crippen LogP contribution in [0.2, 0.25) is 0 Å². The summed E-state index contributed by atoms with van der Waals surface area (Å²) in [4.78, 5) is 11.3. The van der Waals surface area contributed by atoms with E-state index in [1.165, 1.54) is 0 Å². The van der Waals surface area contributed by atoms with Gasteiger partial charge in [0.05, 0.1) is 0 Å². The third-order valence-corrected chi connectivity index (χ3v) is 3.22. The van der Waals surface area contributed by atoms with Crippen LogP contribution in [0.15, 0.2) is 33.5 Å². The SMILES string of the molecule is Cc1c([As])c2ccccc2oc1=O. The fraction of sp³-hybridized carbons (Fsp3) is 0.100. The molecule has 0 spiro atoms. The van der Waals surface area contributed by atoms with Gasteiger partial charge in [0, 0.05) is 0 Å². The summed E-state index contributed by atoms with van der Waals surface area (Å²) in [5.41, 5.74) is 1.06. The second kappa shape index (κ2) is 3.04. The van der Waals surface area contributed by atoms with Gasteiger partial charge >= 0.3 is 83.8 Å². The predicted octanol–water partition coefficient (Wildman–Crippen LogP) is 0.895. The van der Waals surface area contributed by atoms with Crippen molar-refractivity contribution in [2.24, 2.45) is 0 Å². The molecule has 1 heterocycles. The Morgan fingerprint density at radius 3 is 2.77 bits per heavy atom. The summed E-state index contributed by atoms with van der Waals surface area (Å²) in [6, 6.07) is 7.53. The second-order valence-corrected chi connectivity index (χ2v) is 3.80. The summed E-state index contributed by atoms with van der Waals surface area (Å²) >= 11 is 2.42. The van der Waals surface area contributed by atoms with Crippen LogP contribution in [0.25, 0.3) is 11.0 Å². The average Bonchev–Trinajstić information content (AvgIpc) is 2.15. The van der Waals surface area contributed by atoms with E-state index in [9.17, 15) is 4.79 Å². The first-order chi connectivity index (χ1) is 6.20. The van der Waals surface area contributed by atoms with Gasteiger partial charge < -0.3 is 0 Å². The molecule has 0 aliphatic heterocycles. The molecule has 2 nitrogen and oxygen atoms in total. The van der Waals surface area contributed by atoms with Crippen LogP contribution in [0.3, 0.4) is 0 Å². The van der Waals surface area contributed by atoms with E-state index in [1.54, 1.807) is 13.0 Å². The van der Waals surface area contributed by atoms with Crippen molar-refractivity contribution in [1.82, 2.24) is 0 Å². The summed E-state index contributed by atoms with van der Waals surface area (Å²) in [6.45, 7) is 1.77. The quantitative estimate of drug-likeness (QED) is 0.500. The van der Waals surface area contributed by atoms with Gasteiger partial charge in [0.25, 0.3) is 0 Å². The van der Waals surface area contributed by atoms with E-state index in [0.29, 0.717) is 11.1 Å². The normalized spacial score (nSPS) is 10.6. The number of para-hydroxylation sites is 1. The van der Waals surface area contributed by atoms with Crippen molar-refractivity contribution >= 4 is 32.2 Å². The molecule has 2 radical (unpaired) electrons. The molecule has 0 unspecified atom stereocenters. The van der Waals surface area contributed by atoms with Gasteiger partial charge in [-0.15, -0.1) is 0 Å². The van der Waals surface area contributed by atoms with Crippen LogP contribution in [-0.2, 0) is 0 Å². The first-order valence-corrected chi connectivity index (χ1v) is 4.85. The Morgan fingerprint density at radius 2 is 2.00 bits per heavy atom. The number of fused-ring (bicyclic) bond motifs is 1. The van der Waals surface area contributed by atoms with Gasteiger partial charge in [-0.2, -0.15) is 0 Å². The van der Waals surface area contributed by atoms with Crippen molar-refractivity contribution < 1.29 is 4.42 Å². The van der Waals surface area contributed by atoms with Crippen molar-refractivity contribution in [3.8, 4) is 0 Å². The fourth-order valence-electron chi connectivity index (χ4n) is 1.23. The van der Waals surface area contributed by atoms with Crippen LogP contribution in [0, 0.1) is 6.92 Å². The summed E-state index contributed by atoms with van der Waals surface area (Å²) in [5, 5.41) is 0.986. The maximum absolute atomic E-state index is 11.3. The Bertz CT molecular complexity index is 514. The van der Waals surface area contributed by atoms with Crippen LogP contribution in [0.4, 0.5) is 0 Å². The van der Waals surface area contributed by atoms with E-state index in [2.05, 4.69) is 16.9 Å². The Labute approximate surface area is 84.1 Å². The van der Waals surface area contributed by atoms with Crippen molar-refractivity contribution in [2.45, 2.75) is 6.92 Å². The molecule has 0 bridgehead atoms. The van der Waals surface area contributed by atoms with Crippen molar-refractivity contribution in [3.63, 3.8) is 0 Å². The molecule has 0 N–H and O–H groups in total. The standard InChI is InChI=1S/C10H7AsO2/c1-6-9(11)7-4-2-3-5-8(7)13-10(6)12/h2-5H,1H3. The molecule has 0 saturated heterocycles. The summed E-state index contributed by atoms with van der Waals surface area (Å²) in [5.74, 6) is 0. The molecule has 64 valence electrons. The zero-order valence-corrected chi connectivity index (χ0v) is 8.95. The Balaban J connectivity index is 3.02. The molecule has 0 saturated carbocycles. The summed E-state index contributed by atoms with van der Waals surface area (Å²) < 4.78 is 6.05. The molecule has 1 aromatic heterocycles. The molecule has 3 heteroatoms. The average molecular weight is 234 g/mol. The minimum absolute atomic E-state index is 0.255. The van der Waals surface area contributed by atoms with Crippen molar-refractivity contribution in [1.29, 1.82) is 0 Å². The molecule has 0 aliphatic rings. The van der Waals surface area contributed by atoms with Crippen molar-refractivity contribution in [2.75, 3.05) is 0 Å². The van der Waals surface area contributed by atoms with Crippen LogP contribution in [-0.4, -0.2) is 16.9 Å². The van der Waals surface area contributed by atoms with E-state index in [0.717, 1.165) is 9.74 Å². The van der Waals surface area contributed by atoms with Crippen molar-refractivity contribution in [3.05, 3.63) is 40.2 Å². The van der Waals surface area contributed by atoms with Gasteiger partial charge in [-0.1, -0.05) is 0 Å². The predicted molar refractivity (Wildman–Crippen MR) is 52.6 cm³/mol. The van der Waals surface area contributed by atoms with Gasteiger partial charge in [-0.25, -0.2) is 0 Å². The molecule has 0 amide bonds. The number of hydrogen-bond acceptors (Lipinski definition) is 2. The first kappa shape index (κ1) is 8.58. The van der Waals surface area contributed by atoms with E-state index >= 15 is 0 Å². The summed E-state index contributed by atoms with van der Waals surface area (Å²) in [7, 11) is 0. The third kappa shape index (κ3) is 1.31. The monoisotopic (exact) mass is 234 g/mol. The van der Waals surface area contributed by atoms with E-state index < -0.39 is 0 Å². The number of rotatable bonds is 0. The fourth-order valence-corrected chi connectivity index (χ4v) is 1.81. The molecular formula is C10H7AsO2. The van der Waals surface area contributed by atoms with Crippen LogP contribution in [0.5, 0.6) is 0 Å². The Kier molecular flexibility index (Phi) is 2.01. The Morgan fingerprint density at radius 1 is 1.31 bits per heavy atom. The van der Waals surface area contributed by atoms with Crippen LogP contribution in [0.1, 0.15) is 5.56 Å². The molecular weight excluding hydrogens is 227 g/mol. The zero-order chi connectivity index (χ0) is 9.42. The zero-order valence-electron chi connectivity index (χ0n) is 7.07. The molecule has 0 aliphatic carbocycles. The van der Waals surface area contributed by atoms with Crippen LogP contribution < -0.4 is 9.98 Å². The third-order valence-electron chi connectivity index (χ3n) is 2.01.